The number of carbonyl (C=O) groups excluding carboxylic acids is 3. The van der Waals surface area contributed by atoms with Gasteiger partial charge in [0.1, 0.15) is 0 Å². The number of nitrogens with one attached hydrogen (secondary N) is 1. The Hall–Kier alpha value is -5.06. The molecule has 0 radical (unpaired) electrons. The lowest BCUT2D eigenvalue weighted by Crippen LogP contribution is -2.48. The zero-order valence-electron chi connectivity index (χ0n) is 22.4. The Balaban J connectivity index is 1.57. The molecule has 218 valence electrons. The van der Waals surface area contributed by atoms with Crippen LogP contribution in [0.1, 0.15) is 26.3 Å². The van der Waals surface area contributed by atoms with E-state index in [-0.39, 0.29) is 26.9 Å². The van der Waals surface area contributed by atoms with Crippen LogP contribution in [0.4, 0.5) is 17.1 Å². The van der Waals surface area contributed by atoms with Gasteiger partial charge in [-0.2, -0.15) is 10.2 Å². The number of carboxylic acids is 1. The van der Waals surface area contributed by atoms with E-state index >= 15 is 0 Å². The molecule has 0 heterocycles. The highest BCUT2D eigenvalue weighted by Gasteiger charge is 2.41. The number of anilines is 1. The molecule has 0 aromatic heterocycles. The quantitative estimate of drug-likeness (QED) is 0.141. The van der Waals surface area contributed by atoms with Crippen LogP contribution in [0.2, 0.25) is 10.0 Å². The number of carboxylic acid groups (broad SMARTS) is 1. The van der Waals surface area contributed by atoms with Gasteiger partial charge in [-0.05, 0) is 67.6 Å². The van der Waals surface area contributed by atoms with Gasteiger partial charge in [0.05, 0.1) is 32.5 Å². The minimum absolute atomic E-state index is 0.00184. The van der Waals surface area contributed by atoms with Crippen molar-refractivity contribution in [2.75, 3.05) is 5.32 Å². The lowest BCUT2D eigenvalue weighted by Gasteiger charge is -2.24. The zero-order chi connectivity index (χ0) is 30.9. The van der Waals surface area contributed by atoms with Crippen LogP contribution >= 0.6 is 23.2 Å². The molecular weight excluding hydrogens is 597 g/mol. The number of aryl methyl sites for hydroxylation is 1. The molecule has 4 rings (SSSR count). The lowest BCUT2D eigenvalue weighted by atomic mass is 10.1. The number of carbonyl (C=O) groups is 4. The maximum atomic E-state index is 13.4. The van der Waals surface area contributed by atoms with E-state index in [2.05, 4.69) is 15.5 Å². The van der Waals surface area contributed by atoms with Gasteiger partial charge in [0.15, 0.2) is 0 Å². The number of ether oxygens (including phenoxy) is 2. The molecule has 0 fully saturated rings. The molecule has 0 saturated carbocycles. The molecule has 0 unspecified atom stereocenters. The van der Waals surface area contributed by atoms with Gasteiger partial charge in [-0.3, -0.25) is 4.79 Å². The summed E-state index contributed by atoms with van der Waals surface area (Å²) in [6.45, 7) is 1.96. The maximum absolute atomic E-state index is 13.4. The molecule has 0 bridgehead atoms. The van der Waals surface area contributed by atoms with Gasteiger partial charge >= 0.3 is 17.9 Å². The Morgan fingerprint density at radius 3 is 1.58 bits per heavy atom. The number of hydrogen-bond acceptors (Lipinski definition) is 8. The van der Waals surface area contributed by atoms with E-state index in [1.54, 1.807) is 24.3 Å². The van der Waals surface area contributed by atoms with E-state index in [0.29, 0.717) is 11.4 Å². The van der Waals surface area contributed by atoms with Crippen molar-refractivity contribution in [2.24, 2.45) is 10.2 Å². The summed E-state index contributed by atoms with van der Waals surface area (Å²) in [6.07, 6.45) is -4.38. The van der Waals surface area contributed by atoms with E-state index < -0.39 is 36.0 Å². The molecule has 0 aliphatic rings. The van der Waals surface area contributed by atoms with Crippen LogP contribution in [0.15, 0.2) is 107 Å². The second kappa shape index (κ2) is 14.2. The fraction of sp³-hybridized carbons (Fsp3) is 0.0968. The molecule has 4 aromatic carbocycles. The molecule has 0 aliphatic carbocycles. The third-order valence-electron chi connectivity index (χ3n) is 5.88. The standard InChI is InChI=1S/C31H23Cl2N3O7/c1-18-10-12-20(13-11-18)35-36-21-16-14-19(15-17-21)34-28(37)26(42-30(40)22-6-2-4-8-24(22)32)27(29(38)39)43-31(41)23-7-3-5-9-25(23)33/h2-17,26-27H,1H3,(H,34,37)(H,38,39)/t26-,27-/m1/s1. The number of aliphatic carboxylic acids is 1. The van der Waals surface area contributed by atoms with Crippen LogP contribution < -0.4 is 5.32 Å². The molecule has 10 nitrogen and oxygen atoms in total. The minimum atomic E-state index is -2.25. The molecule has 2 atom stereocenters. The smallest absolute Gasteiger partial charge is 0.349 e. The highest BCUT2D eigenvalue weighted by Crippen LogP contribution is 2.24. The SMILES string of the molecule is Cc1ccc(N=Nc2ccc(NC(=O)[C@H](OC(=O)c3ccccc3Cl)[C@@H](OC(=O)c3ccccc3Cl)C(=O)O)cc2)cc1. The Kier molecular flexibility index (Phi) is 10.2. The van der Waals surface area contributed by atoms with Crippen molar-refractivity contribution in [1.29, 1.82) is 0 Å². The van der Waals surface area contributed by atoms with Gasteiger partial charge in [0, 0.05) is 5.69 Å². The average Bonchev–Trinajstić information content (AvgIpc) is 2.99. The molecule has 0 spiro atoms. The highest BCUT2D eigenvalue weighted by molar-refractivity contribution is 6.34. The van der Waals surface area contributed by atoms with Crippen LogP contribution in [0.3, 0.4) is 0 Å². The van der Waals surface area contributed by atoms with Crippen LogP contribution in [0.25, 0.3) is 0 Å². The number of halogens is 2. The van der Waals surface area contributed by atoms with Crippen LogP contribution in [-0.4, -0.2) is 41.1 Å². The Morgan fingerprint density at radius 1 is 0.674 bits per heavy atom. The maximum Gasteiger partial charge on any atom is 0.349 e. The first-order valence-electron chi connectivity index (χ1n) is 12.7. The Labute approximate surface area is 255 Å². The third-order valence-corrected chi connectivity index (χ3v) is 6.54. The van der Waals surface area contributed by atoms with Gasteiger partial charge in [-0.25, -0.2) is 14.4 Å². The van der Waals surface area contributed by atoms with Crippen molar-refractivity contribution >= 4 is 64.1 Å². The number of esters is 2. The molecule has 4 aromatic rings. The number of nitrogens with zero attached hydrogens (tertiary/aromatic N) is 2. The molecule has 0 saturated heterocycles. The van der Waals surface area contributed by atoms with Gasteiger partial charge in [0.2, 0.25) is 12.2 Å². The van der Waals surface area contributed by atoms with Gasteiger partial charge < -0.3 is 19.9 Å². The molecule has 0 aliphatic heterocycles. The predicted octanol–water partition coefficient (Wildman–Crippen LogP) is 7.19. The van der Waals surface area contributed by atoms with Crippen molar-refractivity contribution in [3.05, 3.63) is 124 Å². The summed E-state index contributed by atoms with van der Waals surface area (Å²) in [4.78, 5) is 51.4. The van der Waals surface area contributed by atoms with Crippen molar-refractivity contribution in [1.82, 2.24) is 0 Å². The first kappa shape index (κ1) is 30.9. The Morgan fingerprint density at radius 2 is 1.12 bits per heavy atom. The van der Waals surface area contributed by atoms with Crippen molar-refractivity contribution in [3.63, 3.8) is 0 Å². The van der Waals surface area contributed by atoms with E-state index in [1.807, 2.05) is 31.2 Å². The monoisotopic (exact) mass is 619 g/mol. The van der Waals surface area contributed by atoms with E-state index in [1.165, 1.54) is 48.5 Å². The largest absolute Gasteiger partial charge is 0.478 e. The molecule has 12 heteroatoms. The van der Waals surface area contributed by atoms with Crippen molar-refractivity contribution in [2.45, 2.75) is 19.1 Å². The summed E-state index contributed by atoms with van der Waals surface area (Å²) < 4.78 is 10.4. The normalized spacial score (nSPS) is 12.3. The summed E-state index contributed by atoms with van der Waals surface area (Å²) in [5.41, 5.74) is 2.13. The fourth-order valence-corrected chi connectivity index (χ4v) is 4.08. The second-order valence-corrected chi connectivity index (χ2v) is 9.84. The number of hydrogen-bond donors (Lipinski definition) is 2. The summed E-state index contributed by atoms with van der Waals surface area (Å²) in [7, 11) is 0. The van der Waals surface area contributed by atoms with Crippen molar-refractivity contribution < 1.29 is 33.8 Å². The molecule has 43 heavy (non-hydrogen) atoms. The van der Waals surface area contributed by atoms with Crippen LogP contribution in [0, 0.1) is 6.92 Å². The van der Waals surface area contributed by atoms with Crippen molar-refractivity contribution in [3.8, 4) is 0 Å². The van der Waals surface area contributed by atoms with E-state index in [9.17, 15) is 24.3 Å². The Bertz CT molecular complexity index is 1680. The number of rotatable bonds is 10. The summed E-state index contributed by atoms with van der Waals surface area (Å²) >= 11 is 12.1. The average molecular weight is 620 g/mol. The van der Waals surface area contributed by atoms with E-state index in [4.69, 9.17) is 32.7 Å². The first-order valence-corrected chi connectivity index (χ1v) is 13.4. The predicted molar refractivity (Wildman–Crippen MR) is 159 cm³/mol. The second-order valence-electron chi connectivity index (χ2n) is 9.02. The number of amides is 1. The number of azo groups is 1. The molecule has 1 amide bonds. The van der Waals surface area contributed by atoms with Gasteiger partial charge in [-0.15, -0.1) is 0 Å². The summed E-state index contributed by atoms with van der Waals surface area (Å²) in [6, 6.07) is 25.1. The molecule has 2 N–H and O–H groups in total. The van der Waals surface area contributed by atoms with Crippen LogP contribution in [0.5, 0.6) is 0 Å². The summed E-state index contributed by atoms with van der Waals surface area (Å²) in [5.74, 6) is -5.10. The topological polar surface area (TPSA) is 144 Å². The lowest BCUT2D eigenvalue weighted by molar-refractivity contribution is -0.157. The van der Waals surface area contributed by atoms with Gasteiger partial charge in [0.25, 0.3) is 5.91 Å². The first-order chi connectivity index (χ1) is 20.6. The van der Waals surface area contributed by atoms with Crippen LogP contribution in [-0.2, 0) is 19.1 Å². The molecular formula is C31H23Cl2N3O7. The van der Waals surface area contributed by atoms with Gasteiger partial charge in [-0.1, -0.05) is 65.2 Å². The third kappa shape index (κ3) is 8.25. The number of benzene rings is 4. The minimum Gasteiger partial charge on any atom is -0.478 e. The van der Waals surface area contributed by atoms with E-state index in [0.717, 1.165) is 5.56 Å². The summed E-state index contributed by atoms with van der Waals surface area (Å²) in [5, 5.41) is 20.7. The highest BCUT2D eigenvalue weighted by atomic mass is 35.5. The fourth-order valence-electron chi connectivity index (χ4n) is 3.66. The zero-order valence-corrected chi connectivity index (χ0v) is 24.0.